The molecule has 0 bridgehead atoms. The van der Waals surface area contributed by atoms with E-state index in [0.29, 0.717) is 0 Å². The Morgan fingerprint density at radius 2 is 2.05 bits per heavy atom. The third kappa shape index (κ3) is 4.09. The number of carbonyl (C=O) groups excluding carboxylic acids is 1. The number of rotatable bonds is 6. The molecule has 1 rings (SSSR count). The van der Waals surface area contributed by atoms with Gasteiger partial charge in [-0.05, 0) is 12.1 Å². The number of hydrogen-bond acceptors (Lipinski definition) is 7. The molecule has 9 nitrogen and oxygen atoms in total. The summed E-state index contributed by atoms with van der Waals surface area (Å²) in [4.78, 5) is 21.0. The Morgan fingerprint density at radius 1 is 1.40 bits per heavy atom. The molecule has 0 atom stereocenters. The number of nitrogens with zero attached hydrogens (tertiary/aromatic N) is 1. The van der Waals surface area contributed by atoms with Gasteiger partial charge in [0.1, 0.15) is 0 Å². The average molecular weight is 304 g/mol. The van der Waals surface area contributed by atoms with Gasteiger partial charge >= 0.3 is 11.7 Å². The lowest BCUT2D eigenvalue weighted by Gasteiger charge is -2.08. The van der Waals surface area contributed by atoms with Crippen LogP contribution in [-0.2, 0) is 19.6 Å². The molecule has 0 aliphatic heterocycles. The minimum Gasteiger partial charge on any atom is -0.490 e. The SMILES string of the molecule is COC(=O)CS(=O)(=O)Nc1ccc(OC)c([N+](=O)[O-])c1. The van der Waals surface area contributed by atoms with Crippen LogP contribution >= 0.6 is 0 Å². The topological polar surface area (TPSA) is 125 Å². The van der Waals surface area contributed by atoms with E-state index in [9.17, 15) is 23.3 Å². The van der Waals surface area contributed by atoms with Crippen LogP contribution in [0.2, 0.25) is 0 Å². The van der Waals surface area contributed by atoms with Gasteiger partial charge in [-0.3, -0.25) is 19.6 Å². The molecule has 0 fully saturated rings. The van der Waals surface area contributed by atoms with E-state index < -0.39 is 32.4 Å². The van der Waals surface area contributed by atoms with E-state index >= 15 is 0 Å². The third-order valence-electron chi connectivity index (χ3n) is 2.18. The van der Waals surface area contributed by atoms with Gasteiger partial charge < -0.3 is 9.47 Å². The number of sulfonamides is 1. The van der Waals surface area contributed by atoms with Crippen molar-refractivity contribution in [1.29, 1.82) is 0 Å². The van der Waals surface area contributed by atoms with Crippen molar-refractivity contribution < 1.29 is 27.6 Å². The predicted octanol–water partition coefficient (Wildman–Crippen LogP) is 0.518. The summed E-state index contributed by atoms with van der Waals surface area (Å²) in [6, 6.07) is 3.52. The molecule has 0 spiro atoms. The number of hydrogen-bond donors (Lipinski definition) is 1. The van der Waals surface area contributed by atoms with Crippen LogP contribution in [0, 0.1) is 10.1 Å². The number of anilines is 1. The smallest absolute Gasteiger partial charge is 0.322 e. The fourth-order valence-corrected chi connectivity index (χ4v) is 2.31. The number of nitro benzene ring substituents is 1. The molecule has 1 aromatic rings. The molecule has 0 aromatic heterocycles. The number of methoxy groups -OCH3 is 2. The normalized spacial score (nSPS) is 10.7. The van der Waals surface area contributed by atoms with Gasteiger partial charge in [0.15, 0.2) is 11.5 Å². The number of nitrogens with one attached hydrogen (secondary N) is 1. The summed E-state index contributed by atoms with van der Waals surface area (Å²) in [5, 5.41) is 10.8. The molecule has 0 aliphatic rings. The Balaban J connectivity index is 3.02. The van der Waals surface area contributed by atoms with Gasteiger partial charge in [0.05, 0.1) is 24.8 Å². The van der Waals surface area contributed by atoms with Gasteiger partial charge in [-0.2, -0.15) is 0 Å². The van der Waals surface area contributed by atoms with Crippen molar-refractivity contribution >= 4 is 27.4 Å². The summed E-state index contributed by atoms with van der Waals surface area (Å²) < 4.78 is 34.2. The molecule has 0 unspecified atom stereocenters. The first-order chi connectivity index (χ1) is 9.29. The zero-order valence-corrected chi connectivity index (χ0v) is 11.5. The Morgan fingerprint density at radius 3 is 2.55 bits per heavy atom. The van der Waals surface area contributed by atoms with Gasteiger partial charge in [-0.1, -0.05) is 0 Å². The molecule has 0 aliphatic carbocycles. The highest BCUT2D eigenvalue weighted by Gasteiger charge is 2.20. The van der Waals surface area contributed by atoms with Crippen LogP contribution in [0.3, 0.4) is 0 Å². The summed E-state index contributed by atoms with van der Waals surface area (Å²) >= 11 is 0. The second-order valence-electron chi connectivity index (χ2n) is 3.58. The lowest BCUT2D eigenvalue weighted by atomic mass is 10.2. The standard InChI is InChI=1S/C10H12N2O7S/c1-18-9-4-3-7(5-8(9)12(14)15)11-20(16,17)6-10(13)19-2/h3-5,11H,6H2,1-2H3. The lowest BCUT2D eigenvalue weighted by molar-refractivity contribution is -0.385. The van der Waals surface area contributed by atoms with Crippen molar-refractivity contribution in [2.75, 3.05) is 24.7 Å². The van der Waals surface area contributed by atoms with Crippen LogP contribution in [0.1, 0.15) is 0 Å². The van der Waals surface area contributed by atoms with E-state index in [4.69, 9.17) is 4.74 Å². The quantitative estimate of drug-likeness (QED) is 0.461. The number of esters is 1. The van der Waals surface area contributed by atoms with Crippen molar-refractivity contribution in [3.05, 3.63) is 28.3 Å². The first-order valence-electron chi connectivity index (χ1n) is 5.19. The van der Waals surface area contributed by atoms with Crippen LogP contribution < -0.4 is 9.46 Å². The minimum absolute atomic E-state index is 0.00841. The first-order valence-corrected chi connectivity index (χ1v) is 6.84. The monoisotopic (exact) mass is 304 g/mol. The summed E-state index contributed by atoms with van der Waals surface area (Å²) in [5.41, 5.74) is -0.452. The highest BCUT2D eigenvalue weighted by molar-refractivity contribution is 7.93. The molecule has 0 saturated carbocycles. The Hall–Kier alpha value is -2.36. The van der Waals surface area contributed by atoms with Crippen LogP contribution in [0.15, 0.2) is 18.2 Å². The van der Waals surface area contributed by atoms with Crippen LogP contribution in [0.5, 0.6) is 5.75 Å². The zero-order chi connectivity index (χ0) is 15.3. The van der Waals surface area contributed by atoms with Gasteiger partial charge in [-0.15, -0.1) is 0 Å². The zero-order valence-electron chi connectivity index (χ0n) is 10.7. The van der Waals surface area contributed by atoms with Crippen LogP contribution in [-0.4, -0.2) is 39.3 Å². The summed E-state index contributed by atoms with van der Waals surface area (Å²) in [6.07, 6.45) is 0. The summed E-state index contributed by atoms with van der Waals surface area (Å²) in [6.45, 7) is 0. The molecule has 0 amide bonds. The fourth-order valence-electron chi connectivity index (χ4n) is 1.33. The maximum atomic E-state index is 11.6. The molecule has 0 radical (unpaired) electrons. The minimum atomic E-state index is -4.00. The number of ether oxygens (including phenoxy) is 2. The summed E-state index contributed by atoms with van der Waals surface area (Å²) in [7, 11) is -1.69. The van der Waals surface area contributed by atoms with Gasteiger partial charge in [0.2, 0.25) is 10.0 Å². The fraction of sp³-hybridized carbons (Fsp3) is 0.300. The van der Waals surface area contributed by atoms with E-state index in [1.165, 1.54) is 19.2 Å². The molecule has 110 valence electrons. The third-order valence-corrected chi connectivity index (χ3v) is 3.35. The molecule has 10 heteroatoms. The first kappa shape index (κ1) is 15.7. The number of nitro groups is 1. The molecule has 1 N–H and O–H groups in total. The number of benzene rings is 1. The van der Waals surface area contributed by atoms with Crippen LogP contribution in [0.25, 0.3) is 0 Å². The Bertz CT molecular complexity index is 626. The Labute approximate surface area is 114 Å². The largest absolute Gasteiger partial charge is 0.490 e. The summed E-state index contributed by atoms with van der Waals surface area (Å²) in [5.74, 6) is -1.84. The second-order valence-corrected chi connectivity index (χ2v) is 5.30. The van der Waals surface area contributed by atoms with E-state index in [0.717, 1.165) is 13.2 Å². The van der Waals surface area contributed by atoms with E-state index in [1.54, 1.807) is 0 Å². The maximum Gasteiger partial charge on any atom is 0.322 e. The highest BCUT2D eigenvalue weighted by atomic mass is 32.2. The Kier molecular flexibility index (Phi) is 4.86. The average Bonchev–Trinajstić information content (AvgIpc) is 2.37. The van der Waals surface area contributed by atoms with E-state index in [2.05, 4.69) is 4.74 Å². The number of carbonyl (C=O) groups is 1. The van der Waals surface area contributed by atoms with Crippen molar-refractivity contribution in [1.82, 2.24) is 0 Å². The molecular weight excluding hydrogens is 292 g/mol. The van der Waals surface area contributed by atoms with Crippen molar-refractivity contribution in [3.63, 3.8) is 0 Å². The van der Waals surface area contributed by atoms with Crippen LogP contribution in [0.4, 0.5) is 11.4 Å². The molecular formula is C10H12N2O7S. The van der Waals surface area contributed by atoms with Gasteiger partial charge in [0.25, 0.3) is 0 Å². The van der Waals surface area contributed by atoms with Gasteiger partial charge in [-0.25, -0.2) is 8.42 Å². The van der Waals surface area contributed by atoms with Crippen molar-refractivity contribution in [3.8, 4) is 5.75 Å². The maximum absolute atomic E-state index is 11.6. The molecule has 0 saturated heterocycles. The highest BCUT2D eigenvalue weighted by Crippen LogP contribution is 2.29. The molecule has 0 heterocycles. The molecule has 20 heavy (non-hydrogen) atoms. The molecule has 1 aromatic carbocycles. The van der Waals surface area contributed by atoms with E-state index in [-0.39, 0.29) is 11.4 Å². The van der Waals surface area contributed by atoms with E-state index in [1.807, 2.05) is 4.72 Å². The van der Waals surface area contributed by atoms with Gasteiger partial charge in [0, 0.05) is 6.07 Å². The van der Waals surface area contributed by atoms with Crippen molar-refractivity contribution in [2.24, 2.45) is 0 Å². The predicted molar refractivity (Wildman–Crippen MR) is 69.1 cm³/mol. The van der Waals surface area contributed by atoms with Crippen molar-refractivity contribution in [2.45, 2.75) is 0 Å². The second kappa shape index (κ2) is 6.19. The lowest BCUT2D eigenvalue weighted by Crippen LogP contribution is -2.23.